The van der Waals surface area contributed by atoms with Crippen LogP contribution in [0.1, 0.15) is 50.7 Å². The number of benzene rings is 3. The Labute approximate surface area is 231 Å². The van der Waals surface area contributed by atoms with Gasteiger partial charge in [-0.3, -0.25) is 0 Å². The van der Waals surface area contributed by atoms with E-state index in [0.717, 1.165) is 0 Å². The summed E-state index contributed by atoms with van der Waals surface area (Å²) in [6.07, 6.45) is 11.8. The third-order valence-corrected chi connectivity index (χ3v) is 9.88. The van der Waals surface area contributed by atoms with E-state index in [1.54, 1.807) is 0 Å². The monoisotopic (exact) mass is 532 g/mol. The molecule has 4 heterocycles. The highest BCUT2D eigenvalue weighted by molar-refractivity contribution is 7.13. The Kier molecular flexibility index (Phi) is 6.10. The molecule has 0 fully saturated rings. The number of aryl methyl sites for hydroxylation is 2. The molecule has 4 aromatic heterocycles. The van der Waals surface area contributed by atoms with Crippen LogP contribution in [-0.4, -0.2) is 9.13 Å². The molecule has 7 aromatic rings. The number of hydrogen-bond donors (Lipinski definition) is 0. The second-order valence-electron chi connectivity index (χ2n) is 10.4. The number of unbranched alkanes of at least 4 members (excludes halogenated alkanes) is 2. The third-order valence-electron chi connectivity index (χ3n) is 7.93. The molecule has 0 unspecified atom stereocenters. The van der Waals surface area contributed by atoms with Crippen LogP contribution in [0, 0.1) is 0 Å². The number of thiophene rings is 2. The van der Waals surface area contributed by atoms with Crippen molar-refractivity contribution < 1.29 is 0 Å². The summed E-state index contributed by atoms with van der Waals surface area (Å²) in [5.41, 5.74) is 5.47. The van der Waals surface area contributed by atoms with Gasteiger partial charge in [-0.05, 0) is 106 Å². The Bertz CT molecular complexity index is 1770. The fourth-order valence-electron chi connectivity index (χ4n) is 5.86. The van der Waals surface area contributed by atoms with Crippen LogP contribution in [0.5, 0.6) is 0 Å². The second kappa shape index (κ2) is 9.76. The van der Waals surface area contributed by atoms with Crippen LogP contribution >= 0.6 is 22.7 Å². The van der Waals surface area contributed by atoms with Gasteiger partial charge in [0.25, 0.3) is 0 Å². The van der Waals surface area contributed by atoms with Crippen LogP contribution in [0.15, 0.2) is 83.8 Å². The molecule has 0 bridgehead atoms. The van der Waals surface area contributed by atoms with Crippen molar-refractivity contribution in [3.8, 4) is 10.0 Å². The number of rotatable bonds is 8. The van der Waals surface area contributed by atoms with Gasteiger partial charge in [-0.2, -0.15) is 0 Å². The van der Waals surface area contributed by atoms with E-state index in [9.17, 15) is 0 Å². The van der Waals surface area contributed by atoms with Gasteiger partial charge < -0.3 is 9.13 Å². The van der Waals surface area contributed by atoms with Crippen molar-refractivity contribution in [3.63, 3.8) is 0 Å². The molecule has 0 amide bonds. The summed E-state index contributed by atoms with van der Waals surface area (Å²) in [6, 6.07) is 23.2. The Hall–Kier alpha value is -3.34. The van der Waals surface area contributed by atoms with Gasteiger partial charge in [0.2, 0.25) is 0 Å². The summed E-state index contributed by atoms with van der Waals surface area (Å²) in [5.74, 6) is 0. The molecule has 0 saturated heterocycles. The molecule has 0 aliphatic rings. The number of nitrogens with zero attached hydrogens (tertiary/aromatic N) is 2. The molecular weight excluding hydrogens is 501 g/mol. The van der Waals surface area contributed by atoms with E-state index in [1.807, 2.05) is 22.7 Å². The molecule has 0 N–H and O–H groups in total. The zero-order valence-corrected chi connectivity index (χ0v) is 23.7. The third kappa shape index (κ3) is 3.90. The first kappa shape index (κ1) is 23.8. The zero-order valence-electron chi connectivity index (χ0n) is 22.0. The molecule has 190 valence electrons. The summed E-state index contributed by atoms with van der Waals surface area (Å²) >= 11 is 3.70. The lowest BCUT2D eigenvalue weighted by Gasteiger charge is -2.09. The van der Waals surface area contributed by atoms with E-state index in [4.69, 9.17) is 0 Å². The lowest BCUT2D eigenvalue weighted by Crippen LogP contribution is -1.89. The lowest BCUT2D eigenvalue weighted by molar-refractivity contribution is 0.797. The van der Waals surface area contributed by atoms with Gasteiger partial charge in [-0.25, -0.2) is 0 Å². The Morgan fingerprint density at radius 2 is 0.947 bits per heavy atom. The van der Waals surface area contributed by atoms with Gasteiger partial charge in [-0.15, -0.1) is 22.7 Å². The fraction of sp³-hybridized carbons (Fsp3) is 0.235. The minimum atomic E-state index is 1.17. The maximum absolute atomic E-state index is 2.37. The average Bonchev–Trinajstić information content (AvgIpc) is 3.75. The van der Waals surface area contributed by atoms with Crippen molar-refractivity contribution in [1.82, 2.24) is 9.13 Å². The number of aromatic nitrogens is 2. The predicted octanol–water partition coefficient (Wildman–Crippen LogP) is 10.7. The Morgan fingerprint density at radius 3 is 1.39 bits per heavy atom. The van der Waals surface area contributed by atoms with Gasteiger partial charge in [0.1, 0.15) is 0 Å². The molecule has 7 rings (SSSR count). The summed E-state index contributed by atoms with van der Waals surface area (Å²) in [6.45, 7) is 4.52. The van der Waals surface area contributed by atoms with Crippen molar-refractivity contribution in [2.24, 2.45) is 0 Å². The Balaban J connectivity index is 1.31. The molecule has 0 spiro atoms. The van der Waals surface area contributed by atoms with Gasteiger partial charge in [0.15, 0.2) is 0 Å². The Morgan fingerprint density at radius 1 is 0.526 bits per heavy atom. The van der Waals surface area contributed by atoms with Gasteiger partial charge >= 0.3 is 0 Å². The van der Waals surface area contributed by atoms with Crippen LogP contribution in [0.25, 0.3) is 53.4 Å². The number of hydrogen-bond acceptors (Lipinski definition) is 2. The van der Waals surface area contributed by atoms with Gasteiger partial charge in [0.05, 0.1) is 21.0 Å². The first-order chi connectivity index (χ1) is 18.7. The molecule has 0 radical (unpaired) electrons. The van der Waals surface area contributed by atoms with E-state index >= 15 is 0 Å². The summed E-state index contributed by atoms with van der Waals surface area (Å²) in [5, 5.41) is 15.2. The van der Waals surface area contributed by atoms with Crippen molar-refractivity contribution in [3.05, 3.63) is 94.9 Å². The SMILES string of the molecule is CCCCc1csc(-n2ccc3c4ccc5c(ccc6c5ccn6-c5cc(CCCC)cs5)c4ccc32)c1. The molecule has 0 aliphatic heterocycles. The zero-order chi connectivity index (χ0) is 25.6. The van der Waals surface area contributed by atoms with Gasteiger partial charge in [0, 0.05) is 23.2 Å². The van der Waals surface area contributed by atoms with E-state index in [-0.39, 0.29) is 0 Å². The molecule has 2 nitrogen and oxygen atoms in total. The minimum absolute atomic E-state index is 1.17. The van der Waals surface area contributed by atoms with Crippen LogP contribution in [-0.2, 0) is 12.8 Å². The van der Waals surface area contributed by atoms with E-state index < -0.39 is 0 Å². The standard InChI is InChI=1S/C34H32N2S2/c1-3-5-7-23-19-33(37-21-23)35-17-15-29-27-9-10-28-26(25(27)11-13-31(29)35)12-14-32-30(28)16-18-36(32)34-20-24(22-38-34)8-6-4-2/h9-22H,3-8H2,1-2H3. The molecule has 0 aliphatic carbocycles. The minimum Gasteiger partial charge on any atom is -0.308 e. The van der Waals surface area contributed by atoms with Crippen LogP contribution in [0.3, 0.4) is 0 Å². The van der Waals surface area contributed by atoms with E-state index in [0.29, 0.717) is 0 Å². The summed E-state index contributed by atoms with van der Waals surface area (Å²) in [4.78, 5) is 0. The quantitative estimate of drug-likeness (QED) is 0.172. The van der Waals surface area contributed by atoms with Crippen molar-refractivity contribution in [2.75, 3.05) is 0 Å². The summed E-state index contributed by atoms with van der Waals surface area (Å²) < 4.78 is 4.72. The van der Waals surface area contributed by atoms with Crippen molar-refractivity contribution >= 4 is 66.0 Å². The first-order valence-corrected chi connectivity index (χ1v) is 15.6. The van der Waals surface area contributed by atoms with E-state index in [1.165, 1.54) is 103 Å². The highest BCUT2D eigenvalue weighted by atomic mass is 32.1. The largest absolute Gasteiger partial charge is 0.308 e. The summed E-state index contributed by atoms with van der Waals surface area (Å²) in [7, 11) is 0. The maximum atomic E-state index is 2.37. The van der Waals surface area contributed by atoms with Gasteiger partial charge in [-0.1, -0.05) is 51.0 Å². The fourth-order valence-corrected chi connectivity index (χ4v) is 7.76. The van der Waals surface area contributed by atoms with Crippen molar-refractivity contribution in [1.29, 1.82) is 0 Å². The maximum Gasteiger partial charge on any atom is 0.0997 e. The molecule has 3 aromatic carbocycles. The molecule has 0 saturated carbocycles. The number of fused-ring (bicyclic) bond motifs is 7. The topological polar surface area (TPSA) is 9.86 Å². The van der Waals surface area contributed by atoms with Crippen molar-refractivity contribution in [2.45, 2.75) is 52.4 Å². The first-order valence-electron chi connectivity index (χ1n) is 13.9. The highest BCUT2D eigenvalue weighted by Gasteiger charge is 2.14. The second-order valence-corrected chi connectivity index (χ2v) is 12.2. The smallest absolute Gasteiger partial charge is 0.0997 e. The van der Waals surface area contributed by atoms with Crippen LogP contribution < -0.4 is 0 Å². The van der Waals surface area contributed by atoms with Crippen LogP contribution in [0.4, 0.5) is 0 Å². The normalized spacial score (nSPS) is 12.1. The molecule has 4 heteroatoms. The van der Waals surface area contributed by atoms with E-state index in [2.05, 4.69) is 107 Å². The molecule has 0 atom stereocenters. The van der Waals surface area contributed by atoms with Crippen LogP contribution in [0.2, 0.25) is 0 Å². The molecule has 38 heavy (non-hydrogen) atoms. The predicted molar refractivity (Wildman–Crippen MR) is 168 cm³/mol. The lowest BCUT2D eigenvalue weighted by atomic mass is 9.98. The average molecular weight is 533 g/mol. The highest BCUT2D eigenvalue weighted by Crippen LogP contribution is 2.37. The molecular formula is C34H32N2S2.